The molecule has 0 aliphatic heterocycles. The average molecular weight is 603 g/mol. The van der Waals surface area contributed by atoms with Gasteiger partial charge >= 0.3 is 6.18 Å². The molecule has 0 heterocycles. The van der Waals surface area contributed by atoms with Crippen LogP contribution in [-0.4, -0.2) is 60.0 Å². The molecule has 0 aliphatic carbocycles. The van der Waals surface area contributed by atoms with Crippen LogP contribution >= 0.6 is 10.3 Å². The number of rotatable bonds is 16. The third-order valence-electron chi connectivity index (χ3n) is 5.30. The van der Waals surface area contributed by atoms with Gasteiger partial charge in [0, 0.05) is 27.9 Å². The van der Waals surface area contributed by atoms with Crippen LogP contribution in [0.5, 0.6) is 11.5 Å². The first-order valence-corrected chi connectivity index (χ1v) is 15.7. The molecule has 220 valence electrons. The molecule has 0 unspecified atom stereocenters. The van der Waals surface area contributed by atoms with Gasteiger partial charge in [-0.15, -0.1) is 0 Å². The van der Waals surface area contributed by atoms with Crippen LogP contribution < -0.4 is 9.47 Å². The molecule has 0 aliphatic rings. The Morgan fingerprint density at radius 3 is 1.57 bits per heavy atom. The molecule has 0 aromatic heterocycles. The quantitative estimate of drug-likeness (QED) is 0.171. The Morgan fingerprint density at radius 2 is 1.12 bits per heavy atom. The fraction of sp³-hybridized carbons (Fsp3) is 0.357. The summed E-state index contributed by atoms with van der Waals surface area (Å²) in [6, 6.07) is 21.3. The maximum absolute atomic E-state index is 13.4. The fourth-order valence-electron chi connectivity index (χ4n) is 3.73. The van der Waals surface area contributed by atoms with Gasteiger partial charge < -0.3 is 18.9 Å². The lowest BCUT2D eigenvalue weighted by Gasteiger charge is -2.39. The molecule has 0 bridgehead atoms. The van der Waals surface area contributed by atoms with Gasteiger partial charge in [0.2, 0.25) is 0 Å². The first-order valence-electron chi connectivity index (χ1n) is 12.6. The molecule has 3 aromatic rings. The van der Waals surface area contributed by atoms with Crippen LogP contribution in [0, 0.1) is 0 Å². The van der Waals surface area contributed by atoms with Gasteiger partial charge in [-0.05, 0) is 72.7 Å². The van der Waals surface area contributed by atoms with Gasteiger partial charge in [-0.25, -0.2) is 3.63 Å². The van der Waals surface area contributed by atoms with Gasteiger partial charge in [0.25, 0.3) is 10.1 Å². The van der Waals surface area contributed by atoms with Gasteiger partial charge in [-0.1, -0.05) is 30.3 Å². The van der Waals surface area contributed by atoms with Crippen molar-refractivity contribution >= 4 is 20.4 Å². The van der Waals surface area contributed by atoms with E-state index < -0.39 is 32.4 Å². The van der Waals surface area contributed by atoms with Gasteiger partial charge in [-0.3, -0.25) is 0 Å². The Labute approximate surface area is 234 Å². The molecule has 0 N–H and O–H groups in total. The molecule has 0 saturated carbocycles. The summed E-state index contributed by atoms with van der Waals surface area (Å²) in [5.41, 5.74) is 0. The first-order chi connectivity index (χ1) is 19.1. The molecule has 0 radical (unpaired) electrons. The molecule has 0 fully saturated rings. The van der Waals surface area contributed by atoms with Crippen molar-refractivity contribution in [1.29, 1.82) is 0 Å². The van der Waals surface area contributed by atoms with E-state index in [1.807, 2.05) is 13.8 Å². The Bertz CT molecular complexity index is 1250. The highest BCUT2D eigenvalue weighted by molar-refractivity contribution is 8.33. The van der Waals surface area contributed by atoms with Crippen molar-refractivity contribution in [3.8, 4) is 11.5 Å². The van der Waals surface area contributed by atoms with E-state index in [2.05, 4.69) is 0 Å². The molecule has 0 saturated heterocycles. The zero-order chi connectivity index (χ0) is 29.1. The molecule has 40 heavy (non-hydrogen) atoms. The van der Waals surface area contributed by atoms with Gasteiger partial charge in [0.05, 0.1) is 13.2 Å². The fourth-order valence-corrected chi connectivity index (χ4v) is 8.97. The van der Waals surface area contributed by atoms with Gasteiger partial charge in [0.1, 0.15) is 24.7 Å². The minimum absolute atomic E-state index is 0.224. The molecule has 0 amide bonds. The molecule has 0 spiro atoms. The number of hydrogen-bond acceptors (Lipinski definition) is 7. The van der Waals surface area contributed by atoms with Crippen LogP contribution in [0.3, 0.4) is 0 Å². The highest BCUT2D eigenvalue weighted by atomic mass is 32.3. The molecule has 7 nitrogen and oxygen atoms in total. The van der Waals surface area contributed by atoms with E-state index in [0.29, 0.717) is 52.6 Å². The van der Waals surface area contributed by atoms with Crippen LogP contribution in [-0.2, 0) is 23.2 Å². The molecule has 3 rings (SSSR count). The zero-order valence-electron chi connectivity index (χ0n) is 22.3. The monoisotopic (exact) mass is 602 g/mol. The topological polar surface area (TPSA) is 80.3 Å². The standard InChI is InChI=1S/C28H33F3O7S2/c1-3-34-16-18-36-23-10-8-14-26(20-23)40(25-12-6-5-7-13-25,38-39(32,33)22-28(29,30)31)27-15-9-11-24(21-27)37-19-17-35-4-2/h5-15,20-21H,3-4,16-19,22H2,1-2H3. The van der Waals surface area contributed by atoms with Crippen molar-refractivity contribution in [3.05, 3.63) is 78.9 Å². The lowest BCUT2D eigenvalue weighted by Crippen LogP contribution is -2.26. The summed E-state index contributed by atoms with van der Waals surface area (Å²) in [6.45, 7) is 5.83. The van der Waals surface area contributed by atoms with Crippen molar-refractivity contribution in [2.75, 3.05) is 45.4 Å². The molecular formula is C28H33F3O7S2. The second kappa shape index (κ2) is 14.7. The molecular weight excluding hydrogens is 569 g/mol. The van der Waals surface area contributed by atoms with Crippen LogP contribution in [0.25, 0.3) is 0 Å². The number of benzene rings is 3. The van der Waals surface area contributed by atoms with E-state index in [0.717, 1.165) is 0 Å². The van der Waals surface area contributed by atoms with E-state index in [4.69, 9.17) is 22.6 Å². The summed E-state index contributed by atoms with van der Waals surface area (Å²) < 4.78 is 94.0. The Kier molecular flexibility index (Phi) is 11.7. The lowest BCUT2D eigenvalue weighted by molar-refractivity contribution is -0.107. The second-order valence-electron chi connectivity index (χ2n) is 8.29. The van der Waals surface area contributed by atoms with Gasteiger partial charge in [0.15, 0.2) is 5.75 Å². The predicted octanol–water partition coefficient (Wildman–Crippen LogP) is 6.62. The maximum Gasteiger partial charge on any atom is 0.405 e. The number of alkyl halides is 3. The first kappa shape index (κ1) is 31.8. The number of ether oxygens (including phenoxy) is 4. The minimum atomic E-state index is -5.13. The zero-order valence-corrected chi connectivity index (χ0v) is 23.9. The lowest BCUT2D eigenvalue weighted by atomic mass is 10.3. The third-order valence-corrected chi connectivity index (χ3v) is 10.4. The Morgan fingerprint density at radius 1 is 0.650 bits per heavy atom. The summed E-state index contributed by atoms with van der Waals surface area (Å²) in [6.07, 6.45) is -5.00. The van der Waals surface area contributed by atoms with Crippen LogP contribution in [0.2, 0.25) is 0 Å². The Hall–Kier alpha value is -2.77. The Balaban J connectivity index is 2.19. The summed E-state index contributed by atoms with van der Waals surface area (Å²) in [5, 5.41) is 0. The molecule has 3 aromatic carbocycles. The average Bonchev–Trinajstić information content (AvgIpc) is 2.92. The molecule has 0 atom stereocenters. The maximum atomic E-state index is 13.4. The van der Waals surface area contributed by atoms with E-state index in [9.17, 15) is 21.6 Å². The summed E-state index contributed by atoms with van der Waals surface area (Å²) in [4.78, 5) is 1.02. The number of hydrogen-bond donors (Lipinski definition) is 0. The second-order valence-corrected chi connectivity index (χ2v) is 12.8. The van der Waals surface area contributed by atoms with Crippen LogP contribution in [0.15, 0.2) is 93.5 Å². The van der Waals surface area contributed by atoms with Crippen LogP contribution in [0.1, 0.15) is 13.8 Å². The summed E-state index contributed by atoms with van der Waals surface area (Å²) in [7, 11) is -8.41. The smallest absolute Gasteiger partial charge is 0.405 e. The predicted molar refractivity (Wildman–Crippen MR) is 147 cm³/mol. The normalized spacial score (nSPS) is 12.7. The highest BCUT2D eigenvalue weighted by Crippen LogP contribution is 2.70. The minimum Gasteiger partial charge on any atom is -0.491 e. The van der Waals surface area contributed by atoms with E-state index in [-0.39, 0.29) is 13.2 Å². The van der Waals surface area contributed by atoms with E-state index in [1.165, 1.54) is 0 Å². The van der Waals surface area contributed by atoms with Crippen molar-refractivity contribution in [2.45, 2.75) is 34.7 Å². The van der Waals surface area contributed by atoms with E-state index >= 15 is 0 Å². The van der Waals surface area contributed by atoms with Gasteiger partial charge in [-0.2, -0.15) is 21.6 Å². The van der Waals surface area contributed by atoms with Crippen molar-refractivity contribution < 1.29 is 44.2 Å². The summed E-state index contributed by atoms with van der Waals surface area (Å²) in [5.74, 6) is -1.38. The van der Waals surface area contributed by atoms with E-state index in [1.54, 1.807) is 78.9 Å². The molecule has 12 heteroatoms. The van der Waals surface area contributed by atoms with Crippen LogP contribution in [0.4, 0.5) is 13.2 Å². The highest BCUT2D eigenvalue weighted by Gasteiger charge is 2.43. The SMILES string of the molecule is CCOCCOc1cccc(S(OS(=O)(=O)CC(F)(F)F)(c2ccccc2)c2cccc(OCCOCC)c2)c1. The van der Waals surface area contributed by atoms with Crippen molar-refractivity contribution in [3.63, 3.8) is 0 Å². The van der Waals surface area contributed by atoms with Crippen molar-refractivity contribution in [2.24, 2.45) is 0 Å². The number of halogens is 3. The third kappa shape index (κ3) is 9.13. The largest absolute Gasteiger partial charge is 0.491 e. The summed E-state index contributed by atoms with van der Waals surface area (Å²) >= 11 is 0. The van der Waals surface area contributed by atoms with Crippen molar-refractivity contribution in [1.82, 2.24) is 0 Å².